The van der Waals surface area contributed by atoms with E-state index >= 15 is 0 Å². The van der Waals surface area contributed by atoms with Crippen molar-refractivity contribution in [1.82, 2.24) is 0 Å². The number of carbonyl (C=O) groups excluding carboxylic acids is 3. The van der Waals surface area contributed by atoms with E-state index in [1.54, 1.807) is 0 Å². The number of hydrogen-bond acceptors (Lipinski definition) is 6. The van der Waals surface area contributed by atoms with Crippen molar-refractivity contribution in [3.8, 4) is 0 Å². The van der Waals surface area contributed by atoms with E-state index in [0.29, 0.717) is 19.3 Å². The second-order valence-electron chi connectivity index (χ2n) is 22.3. The molecule has 6 heteroatoms. The van der Waals surface area contributed by atoms with Gasteiger partial charge in [-0.1, -0.05) is 286 Å². The Kier molecular flexibility index (Phi) is 62.7. The molecule has 0 aromatic heterocycles. The van der Waals surface area contributed by atoms with Crippen LogP contribution in [0.4, 0.5) is 0 Å². The molecule has 0 rings (SSSR count). The van der Waals surface area contributed by atoms with E-state index in [1.807, 2.05) is 0 Å². The van der Waals surface area contributed by atoms with Crippen molar-refractivity contribution in [3.05, 3.63) is 72.9 Å². The lowest BCUT2D eigenvalue weighted by Gasteiger charge is -2.18. The van der Waals surface area contributed by atoms with Crippen molar-refractivity contribution in [1.29, 1.82) is 0 Å². The molecule has 0 radical (unpaired) electrons. The number of esters is 3. The summed E-state index contributed by atoms with van der Waals surface area (Å²) >= 11 is 0. The molecule has 0 aromatic carbocycles. The summed E-state index contributed by atoms with van der Waals surface area (Å²) in [4.78, 5) is 38.3. The van der Waals surface area contributed by atoms with Crippen LogP contribution in [0.3, 0.4) is 0 Å². The summed E-state index contributed by atoms with van der Waals surface area (Å²) in [6.07, 6.45) is 85.0. The van der Waals surface area contributed by atoms with Gasteiger partial charge >= 0.3 is 17.9 Å². The Morgan fingerprint density at radius 1 is 0.273 bits per heavy atom. The zero-order valence-electron chi connectivity index (χ0n) is 51.2. The maximum Gasteiger partial charge on any atom is 0.306 e. The van der Waals surface area contributed by atoms with Crippen molar-refractivity contribution in [2.75, 3.05) is 13.2 Å². The lowest BCUT2D eigenvalue weighted by molar-refractivity contribution is -0.167. The molecule has 0 N–H and O–H groups in total. The predicted octanol–water partition coefficient (Wildman–Crippen LogP) is 22.9. The summed E-state index contributed by atoms with van der Waals surface area (Å²) in [5.41, 5.74) is 0. The SMILES string of the molecule is CC/C=C\C/C=C\C/C=C\CCCCCC(=O)OCC(COC(=O)CCCCCCCCCCCCCCC/C=C\CCCCCCCCCC)OC(=O)CCCCCCCCCCC/C=C\C/C=C\CCCCCCC. The van der Waals surface area contributed by atoms with E-state index in [4.69, 9.17) is 14.2 Å². The molecule has 0 spiro atoms. The molecule has 0 amide bonds. The second-order valence-corrected chi connectivity index (χ2v) is 22.3. The number of rotatable bonds is 61. The lowest BCUT2D eigenvalue weighted by Crippen LogP contribution is -2.30. The summed E-state index contributed by atoms with van der Waals surface area (Å²) < 4.78 is 16.9. The molecule has 0 aliphatic rings. The van der Waals surface area contributed by atoms with Crippen LogP contribution in [0.1, 0.15) is 342 Å². The molecule has 0 fully saturated rings. The molecule has 0 saturated carbocycles. The average Bonchev–Trinajstić information content (AvgIpc) is 3.43. The molecular formula is C71H126O6. The third-order valence-corrected chi connectivity index (χ3v) is 14.7. The maximum atomic E-state index is 12.9. The lowest BCUT2D eigenvalue weighted by atomic mass is 10.0. The van der Waals surface area contributed by atoms with Crippen LogP contribution in [0.5, 0.6) is 0 Å². The first-order valence-electron chi connectivity index (χ1n) is 33.4. The first-order valence-corrected chi connectivity index (χ1v) is 33.4. The van der Waals surface area contributed by atoms with Crippen LogP contribution in [0.2, 0.25) is 0 Å². The first-order chi connectivity index (χ1) is 38.0. The first kappa shape index (κ1) is 73.8. The molecule has 0 bridgehead atoms. The fourth-order valence-corrected chi connectivity index (χ4v) is 9.66. The summed E-state index contributed by atoms with van der Waals surface area (Å²) in [6.45, 7) is 6.53. The number of hydrogen-bond donors (Lipinski definition) is 0. The van der Waals surface area contributed by atoms with Gasteiger partial charge < -0.3 is 14.2 Å². The van der Waals surface area contributed by atoms with E-state index in [1.165, 1.54) is 212 Å². The van der Waals surface area contributed by atoms with Gasteiger partial charge in [-0.25, -0.2) is 0 Å². The minimum atomic E-state index is -0.791. The van der Waals surface area contributed by atoms with Crippen LogP contribution < -0.4 is 0 Å². The zero-order valence-corrected chi connectivity index (χ0v) is 51.2. The van der Waals surface area contributed by atoms with Gasteiger partial charge in [0.2, 0.25) is 0 Å². The van der Waals surface area contributed by atoms with Crippen LogP contribution in [0.15, 0.2) is 72.9 Å². The summed E-state index contributed by atoms with van der Waals surface area (Å²) in [6, 6.07) is 0. The number of unbranched alkanes of at least 4 members (excludes halogenated alkanes) is 38. The standard InChI is InChI=1S/C71H126O6/c1-4-7-10-13-16-19-22-25-27-29-31-33-34-35-36-38-39-41-43-46-49-52-55-58-61-64-70(73)76-67-68(66-75-69(72)63-60-57-54-51-48-45-24-21-18-15-12-9-6-3)77-71(74)65-62-59-56-53-50-47-44-42-40-37-32-30-28-26-23-20-17-14-11-8-5-2/h9,12,18,21,23,26,29-32,45,48,68H,4-8,10-11,13-17,19-20,22,24-25,27-28,33-44,46-47,49-67H2,1-3H3/b12-9-,21-18-,26-23-,31-29-,32-30-,48-45-. The van der Waals surface area contributed by atoms with E-state index in [-0.39, 0.29) is 31.1 Å². The molecule has 446 valence electrons. The number of carbonyl (C=O) groups is 3. The largest absolute Gasteiger partial charge is 0.462 e. The predicted molar refractivity (Wildman–Crippen MR) is 335 cm³/mol. The van der Waals surface area contributed by atoms with Gasteiger partial charge in [0, 0.05) is 19.3 Å². The maximum absolute atomic E-state index is 12.9. The van der Waals surface area contributed by atoms with Gasteiger partial charge in [-0.15, -0.1) is 0 Å². The third kappa shape index (κ3) is 63.6. The van der Waals surface area contributed by atoms with Crippen LogP contribution >= 0.6 is 0 Å². The molecule has 0 aliphatic carbocycles. The average molecular weight is 1080 g/mol. The van der Waals surface area contributed by atoms with Gasteiger partial charge in [0.25, 0.3) is 0 Å². The van der Waals surface area contributed by atoms with E-state index in [9.17, 15) is 14.4 Å². The molecule has 77 heavy (non-hydrogen) atoms. The molecule has 1 unspecified atom stereocenters. The zero-order chi connectivity index (χ0) is 55.7. The quantitative estimate of drug-likeness (QED) is 0.0261. The summed E-state index contributed by atoms with van der Waals surface area (Å²) in [5, 5.41) is 0. The Balaban J connectivity index is 4.29. The van der Waals surface area contributed by atoms with Gasteiger partial charge in [0.1, 0.15) is 13.2 Å². The highest BCUT2D eigenvalue weighted by atomic mass is 16.6. The van der Waals surface area contributed by atoms with E-state index in [0.717, 1.165) is 89.9 Å². The molecular weight excluding hydrogens is 949 g/mol. The highest BCUT2D eigenvalue weighted by Crippen LogP contribution is 2.17. The molecule has 0 aromatic rings. The van der Waals surface area contributed by atoms with E-state index in [2.05, 4.69) is 93.7 Å². The van der Waals surface area contributed by atoms with Gasteiger partial charge in [-0.2, -0.15) is 0 Å². The van der Waals surface area contributed by atoms with Crippen LogP contribution in [-0.2, 0) is 28.6 Å². The van der Waals surface area contributed by atoms with Crippen molar-refractivity contribution >= 4 is 17.9 Å². The molecule has 0 heterocycles. The fourth-order valence-electron chi connectivity index (χ4n) is 9.66. The van der Waals surface area contributed by atoms with Crippen LogP contribution in [-0.4, -0.2) is 37.2 Å². The minimum absolute atomic E-state index is 0.0848. The fraction of sp³-hybridized carbons (Fsp3) is 0.789. The highest BCUT2D eigenvalue weighted by molar-refractivity contribution is 5.71. The van der Waals surface area contributed by atoms with E-state index < -0.39 is 6.10 Å². The highest BCUT2D eigenvalue weighted by Gasteiger charge is 2.19. The van der Waals surface area contributed by atoms with Gasteiger partial charge in [-0.3, -0.25) is 14.4 Å². The Morgan fingerprint density at radius 3 is 0.818 bits per heavy atom. The Morgan fingerprint density at radius 2 is 0.506 bits per heavy atom. The topological polar surface area (TPSA) is 78.9 Å². The van der Waals surface area contributed by atoms with Crippen molar-refractivity contribution in [3.63, 3.8) is 0 Å². The normalized spacial score (nSPS) is 12.5. The Hall–Kier alpha value is -3.15. The molecule has 1 atom stereocenters. The van der Waals surface area contributed by atoms with Gasteiger partial charge in [0.15, 0.2) is 6.10 Å². The van der Waals surface area contributed by atoms with Crippen LogP contribution in [0, 0.1) is 0 Å². The summed E-state index contributed by atoms with van der Waals surface area (Å²) in [7, 11) is 0. The van der Waals surface area contributed by atoms with Gasteiger partial charge in [-0.05, 0) is 109 Å². The van der Waals surface area contributed by atoms with Crippen molar-refractivity contribution in [2.24, 2.45) is 0 Å². The Labute approximate surface area is 478 Å². The van der Waals surface area contributed by atoms with Crippen LogP contribution in [0.25, 0.3) is 0 Å². The van der Waals surface area contributed by atoms with Crippen molar-refractivity contribution in [2.45, 2.75) is 348 Å². The minimum Gasteiger partial charge on any atom is -0.462 e. The van der Waals surface area contributed by atoms with Crippen molar-refractivity contribution < 1.29 is 28.6 Å². The monoisotopic (exact) mass is 1070 g/mol. The second kappa shape index (κ2) is 65.4. The molecule has 0 aliphatic heterocycles. The molecule has 6 nitrogen and oxygen atoms in total. The number of ether oxygens (including phenoxy) is 3. The Bertz CT molecular complexity index is 1420. The summed E-state index contributed by atoms with van der Waals surface area (Å²) in [5.74, 6) is -0.904. The molecule has 0 saturated heterocycles. The smallest absolute Gasteiger partial charge is 0.306 e. The van der Waals surface area contributed by atoms with Gasteiger partial charge in [0.05, 0.1) is 0 Å². The number of allylic oxidation sites excluding steroid dienone is 12. The third-order valence-electron chi connectivity index (χ3n) is 14.7.